The van der Waals surface area contributed by atoms with Crippen molar-refractivity contribution in [3.05, 3.63) is 0 Å². The topological polar surface area (TPSA) is 26.3 Å². The van der Waals surface area contributed by atoms with Crippen molar-refractivity contribution in [2.45, 2.75) is 19.1 Å². The second kappa shape index (κ2) is 7.80. The highest BCUT2D eigenvalue weighted by molar-refractivity contribution is 8.07. The third kappa shape index (κ3) is 4.26. The van der Waals surface area contributed by atoms with Crippen molar-refractivity contribution < 1.29 is 9.53 Å². The average molecular weight is 208 g/mol. The third-order valence-electron chi connectivity index (χ3n) is 1.28. The number of hydrogen-bond donors (Lipinski definition) is 0. The molecular formula is C8H16O2S2. The maximum atomic E-state index is 10.9. The molecule has 1 unspecified atom stereocenters. The van der Waals surface area contributed by atoms with Gasteiger partial charge in [-0.2, -0.15) is 11.8 Å². The fourth-order valence-corrected chi connectivity index (χ4v) is 3.32. The van der Waals surface area contributed by atoms with E-state index in [0.717, 1.165) is 17.3 Å². The molecule has 12 heavy (non-hydrogen) atoms. The Morgan fingerprint density at radius 1 is 1.42 bits per heavy atom. The normalized spacial score (nSPS) is 22.1. The summed E-state index contributed by atoms with van der Waals surface area (Å²) < 4.78 is 4.62. The van der Waals surface area contributed by atoms with Crippen LogP contribution in [0.1, 0.15) is 13.8 Å². The van der Waals surface area contributed by atoms with Crippen LogP contribution in [-0.4, -0.2) is 35.6 Å². The van der Waals surface area contributed by atoms with Crippen LogP contribution < -0.4 is 0 Å². The van der Waals surface area contributed by atoms with Gasteiger partial charge >= 0.3 is 5.97 Å². The second-order valence-electron chi connectivity index (χ2n) is 1.96. The van der Waals surface area contributed by atoms with Crippen molar-refractivity contribution in [2.24, 2.45) is 0 Å². The van der Waals surface area contributed by atoms with E-state index in [-0.39, 0.29) is 11.2 Å². The van der Waals surface area contributed by atoms with Gasteiger partial charge in [-0.05, 0) is 0 Å². The van der Waals surface area contributed by atoms with Crippen molar-refractivity contribution >= 4 is 29.5 Å². The van der Waals surface area contributed by atoms with Gasteiger partial charge in [0, 0.05) is 17.3 Å². The highest BCUT2D eigenvalue weighted by Crippen LogP contribution is 2.24. The predicted octanol–water partition coefficient (Wildman–Crippen LogP) is 2.03. The zero-order chi connectivity index (χ0) is 9.40. The number of hydrogen-bond acceptors (Lipinski definition) is 4. The lowest BCUT2D eigenvalue weighted by Crippen LogP contribution is -2.25. The quantitative estimate of drug-likeness (QED) is 0.616. The van der Waals surface area contributed by atoms with E-state index in [4.69, 9.17) is 0 Å². The molecular weight excluding hydrogens is 192 g/mol. The molecule has 1 rings (SSSR count). The monoisotopic (exact) mass is 208 g/mol. The molecule has 2 nitrogen and oxygen atoms in total. The molecule has 1 fully saturated rings. The molecule has 1 heterocycles. The average Bonchev–Trinajstić information content (AvgIpc) is 2.21. The van der Waals surface area contributed by atoms with Gasteiger partial charge in [0.25, 0.3) is 0 Å². The molecule has 1 saturated heterocycles. The van der Waals surface area contributed by atoms with E-state index in [1.807, 2.05) is 25.6 Å². The lowest BCUT2D eigenvalue weighted by atomic mass is 10.5. The highest BCUT2D eigenvalue weighted by Gasteiger charge is 2.22. The number of ether oxygens (including phenoxy) is 1. The van der Waals surface area contributed by atoms with Crippen molar-refractivity contribution in [1.82, 2.24) is 0 Å². The Bertz CT molecular complexity index is 122. The van der Waals surface area contributed by atoms with Crippen LogP contribution >= 0.6 is 23.5 Å². The number of methoxy groups -OCH3 is 1. The molecule has 1 aliphatic heterocycles. The first-order valence-electron chi connectivity index (χ1n) is 4.12. The van der Waals surface area contributed by atoms with Gasteiger partial charge < -0.3 is 4.74 Å². The van der Waals surface area contributed by atoms with Crippen molar-refractivity contribution in [2.75, 3.05) is 24.4 Å². The number of carbonyl (C=O) groups excluding carboxylic acids is 1. The van der Waals surface area contributed by atoms with Crippen LogP contribution in [0, 0.1) is 0 Å². The summed E-state index contributed by atoms with van der Waals surface area (Å²) >= 11 is 3.53. The minimum absolute atomic E-state index is 0.0720. The van der Waals surface area contributed by atoms with E-state index < -0.39 is 0 Å². The van der Waals surface area contributed by atoms with Gasteiger partial charge in [-0.1, -0.05) is 13.8 Å². The van der Waals surface area contributed by atoms with Gasteiger partial charge in [-0.15, -0.1) is 11.8 Å². The largest absolute Gasteiger partial charge is 0.468 e. The molecule has 0 aromatic heterocycles. The predicted molar refractivity (Wildman–Crippen MR) is 56.9 cm³/mol. The Hall–Kier alpha value is 0.170. The smallest absolute Gasteiger partial charge is 0.319 e. The zero-order valence-corrected chi connectivity index (χ0v) is 9.46. The van der Waals surface area contributed by atoms with Crippen LogP contribution in [0.25, 0.3) is 0 Å². The van der Waals surface area contributed by atoms with E-state index in [9.17, 15) is 4.79 Å². The van der Waals surface area contributed by atoms with Gasteiger partial charge in [0.05, 0.1) is 7.11 Å². The minimum Gasteiger partial charge on any atom is -0.468 e. The summed E-state index contributed by atoms with van der Waals surface area (Å²) in [5.41, 5.74) is 0. The van der Waals surface area contributed by atoms with E-state index >= 15 is 0 Å². The van der Waals surface area contributed by atoms with E-state index in [1.165, 1.54) is 7.11 Å². The lowest BCUT2D eigenvalue weighted by molar-refractivity contribution is -0.139. The molecule has 1 atom stereocenters. The van der Waals surface area contributed by atoms with Gasteiger partial charge in [0.1, 0.15) is 5.25 Å². The van der Waals surface area contributed by atoms with Gasteiger partial charge in [0.2, 0.25) is 0 Å². The molecule has 72 valence electrons. The molecule has 0 saturated carbocycles. The van der Waals surface area contributed by atoms with Gasteiger partial charge in [0.15, 0.2) is 0 Å². The Labute approximate surface area is 82.8 Å². The summed E-state index contributed by atoms with van der Waals surface area (Å²) in [6.45, 7) is 4.00. The number of esters is 1. The number of thioether (sulfide) groups is 2. The Morgan fingerprint density at radius 3 is 2.50 bits per heavy atom. The molecule has 0 aromatic carbocycles. The fraction of sp³-hybridized carbons (Fsp3) is 0.875. The maximum absolute atomic E-state index is 10.9. The summed E-state index contributed by atoms with van der Waals surface area (Å²) in [6.07, 6.45) is 0. The standard InChI is InChI=1S/C6H10O2S2.C2H6/c1-8-6(7)5-4-9-2-3-10-5;1-2/h5H,2-4H2,1H3;1-2H3. The minimum atomic E-state index is -0.0720. The Balaban J connectivity index is 0.000000561. The summed E-state index contributed by atoms with van der Waals surface area (Å²) in [4.78, 5) is 10.9. The molecule has 0 bridgehead atoms. The van der Waals surface area contributed by atoms with Crippen molar-refractivity contribution in [1.29, 1.82) is 0 Å². The van der Waals surface area contributed by atoms with E-state index in [2.05, 4.69) is 4.74 Å². The maximum Gasteiger partial charge on any atom is 0.319 e. The van der Waals surface area contributed by atoms with Gasteiger partial charge in [-0.3, -0.25) is 4.79 Å². The molecule has 0 spiro atoms. The third-order valence-corrected chi connectivity index (χ3v) is 4.01. The Kier molecular flexibility index (Phi) is 7.91. The van der Waals surface area contributed by atoms with Crippen LogP contribution in [0.5, 0.6) is 0 Å². The van der Waals surface area contributed by atoms with Crippen molar-refractivity contribution in [3.63, 3.8) is 0 Å². The second-order valence-corrected chi connectivity index (χ2v) is 4.42. The fourth-order valence-electron chi connectivity index (χ4n) is 0.755. The summed E-state index contributed by atoms with van der Waals surface area (Å²) in [5.74, 6) is 3.08. The molecule has 0 aliphatic carbocycles. The number of rotatable bonds is 1. The van der Waals surface area contributed by atoms with Crippen LogP contribution in [-0.2, 0) is 9.53 Å². The molecule has 0 N–H and O–H groups in total. The molecule has 0 radical (unpaired) electrons. The van der Waals surface area contributed by atoms with Crippen molar-refractivity contribution in [3.8, 4) is 0 Å². The first kappa shape index (κ1) is 12.2. The molecule has 4 heteroatoms. The van der Waals surface area contributed by atoms with Crippen LogP contribution in [0.15, 0.2) is 0 Å². The molecule has 0 amide bonds. The van der Waals surface area contributed by atoms with Crippen LogP contribution in [0.2, 0.25) is 0 Å². The summed E-state index contributed by atoms with van der Waals surface area (Å²) in [6, 6.07) is 0. The Morgan fingerprint density at radius 2 is 2.08 bits per heavy atom. The summed E-state index contributed by atoms with van der Waals surface area (Å²) in [7, 11) is 1.45. The van der Waals surface area contributed by atoms with Crippen LogP contribution in [0.4, 0.5) is 0 Å². The zero-order valence-electron chi connectivity index (χ0n) is 7.83. The summed E-state index contributed by atoms with van der Waals surface area (Å²) in [5, 5.41) is 0.0868. The molecule has 0 aromatic rings. The highest BCUT2D eigenvalue weighted by atomic mass is 32.2. The first-order chi connectivity index (χ1) is 5.84. The van der Waals surface area contributed by atoms with E-state index in [0.29, 0.717) is 0 Å². The van der Waals surface area contributed by atoms with Crippen LogP contribution in [0.3, 0.4) is 0 Å². The molecule has 1 aliphatic rings. The lowest BCUT2D eigenvalue weighted by Gasteiger charge is -2.17. The number of carbonyl (C=O) groups is 1. The first-order valence-corrected chi connectivity index (χ1v) is 6.32. The van der Waals surface area contributed by atoms with Gasteiger partial charge in [-0.25, -0.2) is 0 Å². The SMILES string of the molecule is CC.COC(=O)C1CSCCS1. The van der Waals surface area contributed by atoms with E-state index in [1.54, 1.807) is 11.8 Å².